The van der Waals surface area contributed by atoms with E-state index in [1.807, 2.05) is 31.2 Å². The molecule has 0 aliphatic carbocycles. The molecule has 0 aromatic heterocycles. The smallest absolute Gasteiger partial charge is 0.233 e. The number of halogens is 1. The van der Waals surface area contributed by atoms with Crippen molar-refractivity contribution in [3.63, 3.8) is 0 Å². The van der Waals surface area contributed by atoms with Crippen molar-refractivity contribution in [2.45, 2.75) is 49.8 Å². The summed E-state index contributed by atoms with van der Waals surface area (Å²) in [5.74, 6) is 0.811. The van der Waals surface area contributed by atoms with Crippen molar-refractivity contribution in [3.8, 4) is 0 Å². The van der Waals surface area contributed by atoms with Gasteiger partial charge in [0.15, 0.2) is 0 Å². The van der Waals surface area contributed by atoms with Gasteiger partial charge in [-0.05, 0) is 37.8 Å². The lowest BCUT2D eigenvalue weighted by Gasteiger charge is -2.33. The summed E-state index contributed by atoms with van der Waals surface area (Å²) < 4.78 is 0. The van der Waals surface area contributed by atoms with Gasteiger partial charge in [0.1, 0.15) is 0 Å². The van der Waals surface area contributed by atoms with E-state index in [0.717, 1.165) is 37.4 Å². The van der Waals surface area contributed by atoms with Gasteiger partial charge in [0.25, 0.3) is 0 Å². The standard InChI is InChI=1S/C18H27ClN2OS/c1-13(2)12-21-10-8-15(9-11-21)20-18(22)14(3)23-17-7-5-4-6-16(17)19/h4-7,13-15H,8-12H2,1-3H3,(H,20,22). The molecule has 1 amide bonds. The zero-order chi connectivity index (χ0) is 16.8. The Bertz CT molecular complexity index is 515. The fourth-order valence-electron chi connectivity index (χ4n) is 2.88. The second kappa shape index (κ2) is 8.95. The fourth-order valence-corrected chi connectivity index (χ4v) is 4.04. The molecule has 1 aliphatic heterocycles. The number of carbonyl (C=O) groups excluding carboxylic acids is 1. The lowest BCUT2D eigenvalue weighted by Crippen LogP contribution is -2.47. The van der Waals surface area contributed by atoms with E-state index < -0.39 is 0 Å². The van der Waals surface area contributed by atoms with E-state index in [1.54, 1.807) is 0 Å². The first-order valence-electron chi connectivity index (χ1n) is 8.39. The van der Waals surface area contributed by atoms with Gasteiger partial charge in [0, 0.05) is 30.6 Å². The Kier molecular flexibility index (Phi) is 7.25. The molecule has 23 heavy (non-hydrogen) atoms. The maximum Gasteiger partial charge on any atom is 0.233 e. The average Bonchev–Trinajstić information content (AvgIpc) is 2.51. The molecule has 1 saturated heterocycles. The number of nitrogens with zero attached hydrogens (tertiary/aromatic N) is 1. The zero-order valence-corrected chi connectivity index (χ0v) is 15.8. The van der Waals surface area contributed by atoms with Crippen molar-refractivity contribution in [1.29, 1.82) is 0 Å². The van der Waals surface area contributed by atoms with Crippen LogP contribution in [0.2, 0.25) is 5.02 Å². The summed E-state index contributed by atoms with van der Waals surface area (Å²) in [5, 5.41) is 3.77. The quantitative estimate of drug-likeness (QED) is 0.782. The molecule has 0 radical (unpaired) electrons. The van der Waals surface area contributed by atoms with E-state index in [0.29, 0.717) is 17.0 Å². The van der Waals surface area contributed by atoms with Crippen LogP contribution in [0.15, 0.2) is 29.2 Å². The van der Waals surface area contributed by atoms with Crippen LogP contribution in [0.1, 0.15) is 33.6 Å². The van der Waals surface area contributed by atoms with Crippen LogP contribution in [-0.2, 0) is 4.79 Å². The summed E-state index contributed by atoms with van der Waals surface area (Å²) in [4.78, 5) is 15.9. The number of amides is 1. The number of rotatable bonds is 6. The number of likely N-dealkylation sites (tertiary alicyclic amines) is 1. The summed E-state index contributed by atoms with van der Waals surface area (Å²) in [6, 6.07) is 7.98. The minimum absolute atomic E-state index is 0.109. The SMILES string of the molecule is CC(C)CN1CCC(NC(=O)C(C)Sc2ccccc2Cl)CC1. The molecule has 1 atom stereocenters. The second-order valence-electron chi connectivity index (χ2n) is 6.67. The third kappa shape index (κ3) is 6.02. The van der Waals surface area contributed by atoms with Crippen LogP contribution < -0.4 is 5.32 Å². The van der Waals surface area contributed by atoms with Crippen molar-refractivity contribution < 1.29 is 4.79 Å². The number of benzene rings is 1. The predicted molar refractivity (Wildman–Crippen MR) is 99.2 cm³/mol. The Morgan fingerprint density at radius 2 is 1.96 bits per heavy atom. The molecule has 2 rings (SSSR count). The average molecular weight is 355 g/mol. The minimum Gasteiger partial charge on any atom is -0.352 e. The summed E-state index contributed by atoms with van der Waals surface area (Å²) in [5.41, 5.74) is 0. The number of thioether (sulfide) groups is 1. The maximum atomic E-state index is 12.4. The lowest BCUT2D eigenvalue weighted by molar-refractivity contribution is -0.121. The number of carbonyl (C=O) groups is 1. The first-order valence-corrected chi connectivity index (χ1v) is 9.65. The number of nitrogens with one attached hydrogen (secondary N) is 1. The molecular formula is C18H27ClN2OS. The first kappa shape index (κ1) is 18.6. The van der Waals surface area contributed by atoms with Gasteiger partial charge in [-0.2, -0.15) is 0 Å². The summed E-state index contributed by atoms with van der Waals surface area (Å²) in [6.45, 7) is 9.75. The summed E-state index contributed by atoms with van der Waals surface area (Å²) in [7, 11) is 0. The number of hydrogen-bond donors (Lipinski definition) is 1. The van der Waals surface area contributed by atoms with Crippen LogP contribution in [0.4, 0.5) is 0 Å². The molecule has 1 unspecified atom stereocenters. The monoisotopic (exact) mass is 354 g/mol. The Balaban J connectivity index is 1.77. The van der Waals surface area contributed by atoms with Crippen LogP contribution in [0.3, 0.4) is 0 Å². The minimum atomic E-state index is -0.136. The van der Waals surface area contributed by atoms with Crippen LogP contribution in [0.5, 0.6) is 0 Å². The Hall–Kier alpha value is -0.710. The van der Waals surface area contributed by atoms with Crippen LogP contribution in [0, 0.1) is 5.92 Å². The van der Waals surface area contributed by atoms with Crippen molar-refractivity contribution in [1.82, 2.24) is 10.2 Å². The molecule has 5 heteroatoms. The van der Waals surface area contributed by atoms with Crippen molar-refractivity contribution in [2.24, 2.45) is 5.92 Å². The van der Waals surface area contributed by atoms with Gasteiger partial charge in [-0.25, -0.2) is 0 Å². The Morgan fingerprint density at radius 3 is 2.57 bits per heavy atom. The molecule has 128 valence electrons. The van der Waals surface area contributed by atoms with Gasteiger partial charge < -0.3 is 10.2 Å². The Morgan fingerprint density at radius 1 is 1.30 bits per heavy atom. The number of piperidine rings is 1. The Labute approximate surface area is 149 Å². The molecule has 1 N–H and O–H groups in total. The predicted octanol–water partition coefficient (Wildman–Crippen LogP) is 4.06. The number of hydrogen-bond acceptors (Lipinski definition) is 3. The van der Waals surface area contributed by atoms with Gasteiger partial charge in [-0.1, -0.05) is 37.6 Å². The van der Waals surface area contributed by atoms with E-state index in [4.69, 9.17) is 11.6 Å². The maximum absolute atomic E-state index is 12.4. The molecule has 1 heterocycles. The lowest BCUT2D eigenvalue weighted by atomic mass is 10.0. The zero-order valence-electron chi connectivity index (χ0n) is 14.2. The topological polar surface area (TPSA) is 32.3 Å². The largest absolute Gasteiger partial charge is 0.352 e. The van der Waals surface area contributed by atoms with Gasteiger partial charge in [0.2, 0.25) is 5.91 Å². The van der Waals surface area contributed by atoms with Crippen LogP contribution >= 0.6 is 23.4 Å². The molecule has 1 aromatic rings. The van der Waals surface area contributed by atoms with Gasteiger partial charge in [-0.3, -0.25) is 4.79 Å². The van der Waals surface area contributed by atoms with E-state index >= 15 is 0 Å². The normalized spacial score (nSPS) is 18.1. The second-order valence-corrected chi connectivity index (χ2v) is 8.46. The molecule has 3 nitrogen and oxygen atoms in total. The van der Waals surface area contributed by atoms with Crippen molar-refractivity contribution in [3.05, 3.63) is 29.3 Å². The third-order valence-corrected chi connectivity index (χ3v) is 5.69. The van der Waals surface area contributed by atoms with E-state index in [9.17, 15) is 4.79 Å². The third-order valence-electron chi connectivity index (χ3n) is 4.07. The molecular weight excluding hydrogens is 328 g/mol. The van der Waals surface area contributed by atoms with E-state index in [-0.39, 0.29) is 11.2 Å². The molecule has 1 aromatic carbocycles. The highest BCUT2D eigenvalue weighted by atomic mass is 35.5. The van der Waals surface area contributed by atoms with E-state index in [2.05, 4.69) is 24.1 Å². The van der Waals surface area contributed by atoms with Gasteiger partial charge >= 0.3 is 0 Å². The molecule has 1 fully saturated rings. The summed E-state index contributed by atoms with van der Waals surface area (Å²) >= 11 is 7.69. The van der Waals surface area contributed by atoms with Gasteiger partial charge in [0.05, 0.1) is 10.3 Å². The van der Waals surface area contributed by atoms with Crippen molar-refractivity contribution in [2.75, 3.05) is 19.6 Å². The molecule has 1 aliphatic rings. The van der Waals surface area contributed by atoms with Gasteiger partial charge in [-0.15, -0.1) is 11.8 Å². The van der Waals surface area contributed by atoms with E-state index in [1.165, 1.54) is 11.8 Å². The molecule has 0 bridgehead atoms. The summed E-state index contributed by atoms with van der Waals surface area (Å²) in [6.07, 6.45) is 2.09. The highest BCUT2D eigenvalue weighted by Gasteiger charge is 2.23. The highest BCUT2D eigenvalue weighted by molar-refractivity contribution is 8.00. The van der Waals surface area contributed by atoms with Crippen LogP contribution in [-0.4, -0.2) is 41.7 Å². The fraction of sp³-hybridized carbons (Fsp3) is 0.611. The van der Waals surface area contributed by atoms with Crippen LogP contribution in [0.25, 0.3) is 0 Å². The molecule has 0 spiro atoms. The van der Waals surface area contributed by atoms with Crippen molar-refractivity contribution >= 4 is 29.3 Å². The first-order chi connectivity index (χ1) is 11.0. The molecule has 0 saturated carbocycles. The highest BCUT2D eigenvalue weighted by Crippen LogP contribution is 2.30.